The van der Waals surface area contributed by atoms with Crippen molar-refractivity contribution in [2.24, 2.45) is 11.3 Å². The molecule has 0 saturated heterocycles. The first-order chi connectivity index (χ1) is 9.30. The summed E-state index contributed by atoms with van der Waals surface area (Å²) < 4.78 is 4.59. The first kappa shape index (κ1) is 18.9. The van der Waals surface area contributed by atoms with Gasteiger partial charge in [-0.2, -0.15) is 0 Å². The number of esters is 1. The molecule has 0 N–H and O–H groups in total. The Morgan fingerprint density at radius 2 is 2.00 bits per heavy atom. The summed E-state index contributed by atoms with van der Waals surface area (Å²) in [4.78, 5) is 11.1. The fourth-order valence-electron chi connectivity index (χ4n) is 2.00. The topological polar surface area (TPSA) is 26.3 Å². The number of hydrogen-bond donors (Lipinski definition) is 0. The standard InChI is InChI=1S/C18H32O2/c1-7-18(4,5)13-9-12-15(2)10-8-11-16(3)14-17(19)20-6/h8,11,14-15H,7,9-10,12-13H2,1-6H3. The molecule has 0 aliphatic rings. The van der Waals surface area contributed by atoms with Crippen LogP contribution in [0.25, 0.3) is 0 Å². The van der Waals surface area contributed by atoms with E-state index in [1.807, 2.05) is 13.0 Å². The summed E-state index contributed by atoms with van der Waals surface area (Å²) in [7, 11) is 1.40. The van der Waals surface area contributed by atoms with E-state index >= 15 is 0 Å². The molecule has 0 fully saturated rings. The van der Waals surface area contributed by atoms with E-state index in [1.54, 1.807) is 0 Å². The van der Waals surface area contributed by atoms with Gasteiger partial charge in [0.15, 0.2) is 0 Å². The van der Waals surface area contributed by atoms with Crippen molar-refractivity contribution in [2.75, 3.05) is 7.11 Å². The van der Waals surface area contributed by atoms with Crippen molar-refractivity contribution in [1.29, 1.82) is 0 Å². The van der Waals surface area contributed by atoms with E-state index in [9.17, 15) is 4.79 Å². The van der Waals surface area contributed by atoms with Crippen molar-refractivity contribution in [3.05, 3.63) is 23.8 Å². The van der Waals surface area contributed by atoms with Crippen LogP contribution in [0.3, 0.4) is 0 Å². The Labute approximate surface area is 125 Å². The number of carbonyl (C=O) groups excluding carboxylic acids is 1. The van der Waals surface area contributed by atoms with Gasteiger partial charge in [-0.1, -0.05) is 59.1 Å². The van der Waals surface area contributed by atoms with E-state index in [1.165, 1.54) is 38.9 Å². The zero-order chi connectivity index (χ0) is 15.6. The molecule has 2 nitrogen and oxygen atoms in total. The third-order valence-electron chi connectivity index (χ3n) is 3.97. The zero-order valence-electron chi connectivity index (χ0n) is 14.2. The number of allylic oxidation sites excluding steroid dienone is 3. The van der Waals surface area contributed by atoms with E-state index in [-0.39, 0.29) is 5.97 Å². The van der Waals surface area contributed by atoms with E-state index in [2.05, 4.69) is 38.5 Å². The molecule has 0 amide bonds. The Morgan fingerprint density at radius 1 is 1.35 bits per heavy atom. The van der Waals surface area contributed by atoms with Crippen LogP contribution in [0.2, 0.25) is 0 Å². The Morgan fingerprint density at radius 3 is 2.55 bits per heavy atom. The lowest BCUT2D eigenvalue weighted by Crippen LogP contribution is -2.09. The van der Waals surface area contributed by atoms with Crippen LogP contribution >= 0.6 is 0 Å². The van der Waals surface area contributed by atoms with Crippen LogP contribution in [0.1, 0.15) is 66.7 Å². The van der Waals surface area contributed by atoms with Crippen molar-refractivity contribution in [3.63, 3.8) is 0 Å². The van der Waals surface area contributed by atoms with Crippen LogP contribution in [0.4, 0.5) is 0 Å². The van der Waals surface area contributed by atoms with Crippen molar-refractivity contribution < 1.29 is 9.53 Å². The molecular weight excluding hydrogens is 248 g/mol. The van der Waals surface area contributed by atoms with Crippen LogP contribution in [0.5, 0.6) is 0 Å². The van der Waals surface area contributed by atoms with Crippen molar-refractivity contribution in [2.45, 2.75) is 66.7 Å². The highest BCUT2D eigenvalue weighted by atomic mass is 16.5. The molecule has 1 atom stereocenters. The minimum absolute atomic E-state index is 0.290. The fourth-order valence-corrected chi connectivity index (χ4v) is 2.00. The molecule has 1 unspecified atom stereocenters. The van der Waals surface area contributed by atoms with Crippen molar-refractivity contribution in [3.8, 4) is 0 Å². The molecule has 0 aliphatic carbocycles. The maximum absolute atomic E-state index is 11.1. The summed E-state index contributed by atoms with van der Waals surface area (Å²) in [6.07, 6.45) is 11.9. The quantitative estimate of drug-likeness (QED) is 0.326. The summed E-state index contributed by atoms with van der Waals surface area (Å²) in [5, 5.41) is 0. The second-order valence-electron chi connectivity index (χ2n) is 6.56. The first-order valence-electron chi connectivity index (χ1n) is 7.73. The molecule has 0 bridgehead atoms. The third-order valence-corrected chi connectivity index (χ3v) is 3.97. The fraction of sp³-hybridized carbons (Fsp3) is 0.722. The van der Waals surface area contributed by atoms with Crippen LogP contribution in [-0.4, -0.2) is 13.1 Å². The lowest BCUT2D eigenvalue weighted by molar-refractivity contribution is -0.134. The molecule has 2 heteroatoms. The first-order valence-corrected chi connectivity index (χ1v) is 7.73. The molecule has 0 aromatic heterocycles. The second kappa shape index (κ2) is 9.79. The van der Waals surface area contributed by atoms with Crippen LogP contribution in [0.15, 0.2) is 23.8 Å². The molecule has 20 heavy (non-hydrogen) atoms. The van der Waals surface area contributed by atoms with E-state index in [0.717, 1.165) is 12.0 Å². The number of methoxy groups -OCH3 is 1. The predicted molar refractivity (Wildman–Crippen MR) is 86.6 cm³/mol. The largest absolute Gasteiger partial charge is 0.466 e. The molecule has 0 saturated carbocycles. The molecular formula is C18H32O2. The SMILES string of the molecule is CCC(C)(C)CCCC(C)CC=CC(C)=CC(=O)OC. The molecule has 0 spiro atoms. The van der Waals surface area contributed by atoms with Crippen molar-refractivity contribution >= 4 is 5.97 Å². The molecule has 0 aromatic carbocycles. The highest BCUT2D eigenvalue weighted by Gasteiger charge is 2.14. The minimum Gasteiger partial charge on any atom is -0.466 e. The van der Waals surface area contributed by atoms with Gasteiger partial charge in [0, 0.05) is 6.08 Å². The van der Waals surface area contributed by atoms with Crippen molar-refractivity contribution in [1.82, 2.24) is 0 Å². The number of ether oxygens (including phenoxy) is 1. The van der Waals surface area contributed by atoms with E-state index in [0.29, 0.717) is 11.3 Å². The Kier molecular flexibility index (Phi) is 9.28. The van der Waals surface area contributed by atoms with Gasteiger partial charge >= 0.3 is 5.97 Å². The molecule has 0 aliphatic heterocycles. The summed E-state index contributed by atoms with van der Waals surface area (Å²) in [6, 6.07) is 0. The zero-order valence-corrected chi connectivity index (χ0v) is 14.2. The van der Waals surface area contributed by atoms with Gasteiger partial charge in [-0.05, 0) is 36.7 Å². The Hall–Kier alpha value is -1.05. The molecule has 116 valence electrons. The van der Waals surface area contributed by atoms with E-state index < -0.39 is 0 Å². The predicted octanol–water partition coefficient (Wildman–Crippen LogP) is 5.29. The molecule has 0 rings (SSSR count). The molecule has 0 radical (unpaired) electrons. The van der Waals surface area contributed by atoms with Gasteiger partial charge in [0.25, 0.3) is 0 Å². The maximum Gasteiger partial charge on any atom is 0.330 e. The lowest BCUT2D eigenvalue weighted by atomic mass is 9.83. The summed E-state index contributed by atoms with van der Waals surface area (Å²) >= 11 is 0. The van der Waals surface area contributed by atoms with Crippen LogP contribution in [-0.2, 0) is 9.53 Å². The summed E-state index contributed by atoms with van der Waals surface area (Å²) in [6.45, 7) is 11.2. The van der Waals surface area contributed by atoms with Gasteiger partial charge in [-0.25, -0.2) is 4.79 Å². The van der Waals surface area contributed by atoms with Gasteiger partial charge in [0.2, 0.25) is 0 Å². The van der Waals surface area contributed by atoms with Gasteiger partial charge < -0.3 is 4.74 Å². The highest BCUT2D eigenvalue weighted by Crippen LogP contribution is 2.28. The average molecular weight is 280 g/mol. The van der Waals surface area contributed by atoms with Gasteiger partial charge in [-0.3, -0.25) is 0 Å². The monoisotopic (exact) mass is 280 g/mol. The Balaban J connectivity index is 3.96. The van der Waals surface area contributed by atoms with Gasteiger partial charge in [0.05, 0.1) is 7.11 Å². The number of rotatable bonds is 9. The third kappa shape index (κ3) is 9.82. The van der Waals surface area contributed by atoms with E-state index in [4.69, 9.17) is 0 Å². The van der Waals surface area contributed by atoms with Crippen LogP contribution in [0, 0.1) is 11.3 Å². The highest BCUT2D eigenvalue weighted by molar-refractivity contribution is 5.83. The number of hydrogen-bond acceptors (Lipinski definition) is 2. The second-order valence-corrected chi connectivity index (χ2v) is 6.56. The Bertz CT molecular complexity index is 337. The summed E-state index contributed by atoms with van der Waals surface area (Å²) in [5.74, 6) is 0.409. The maximum atomic E-state index is 11.1. The summed E-state index contributed by atoms with van der Waals surface area (Å²) in [5.41, 5.74) is 1.42. The molecule has 0 aromatic rings. The number of carbonyl (C=O) groups is 1. The smallest absolute Gasteiger partial charge is 0.330 e. The van der Waals surface area contributed by atoms with Gasteiger partial charge in [0.1, 0.15) is 0 Å². The lowest BCUT2D eigenvalue weighted by Gasteiger charge is -2.23. The normalized spacial score (nSPS) is 14.6. The minimum atomic E-state index is -0.290. The van der Waals surface area contributed by atoms with Crippen LogP contribution < -0.4 is 0 Å². The van der Waals surface area contributed by atoms with Gasteiger partial charge in [-0.15, -0.1) is 0 Å². The molecule has 0 heterocycles. The average Bonchev–Trinajstić information content (AvgIpc) is 2.38.